The van der Waals surface area contributed by atoms with Gasteiger partial charge < -0.3 is 9.47 Å². The number of ether oxygens (including phenoxy) is 2. The number of hydrogen-bond acceptors (Lipinski definition) is 5. The zero-order valence-electron chi connectivity index (χ0n) is 21.3. The van der Waals surface area contributed by atoms with Gasteiger partial charge in [0.25, 0.3) is 5.91 Å². The van der Waals surface area contributed by atoms with Gasteiger partial charge >= 0.3 is 0 Å². The number of thioether (sulfide) groups is 1. The average Bonchev–Trinajstić information content (AvgIpc) is 3.22. The Balaban J connectivity index is 1.35. The molecule has 1 amide bonds. The summed E-state index contributed by atoms with van der Waals surface area (Å²) in [6.07, 6.45) is 1.89. The summed E-state index contributed by atoms with van der Waals surface area (Å²) in [4.78, 5) is 20.4. The molecule has 5 nitrogen and oxygen atoms in total. The highest BCUT2D eigenvalue weighted by molar-refractivity contribution is 9.11. The second-order valence-electron chi connectivity index (χ2n) is 8.78. The van der Waals surface area contributed by atoms with Crippen LogP contribution in [0.4, 0.5) is 5.69 Å². The van der Waals surface area contributed by atoms with E-state index in [9.17, 15) is 4.79 Å². The topological polar surface area (TPSA) is 51.1 Å². The van der Waals surface area contributed by atoms with E-state index in [1.54, 1.807) is 4.90 Å². The van der Waals surface area contributed by atoms with Crippen LogP contribution in [0.25, 0.3) is 16.8 Å². The van der Waals surface area contributed by atoms with Crippen molar-refractivity contribution in [2.24, 2.45) is 4.99 Å². The minimum Gasteiger partial charge on any atom is -0.487 e. The Bertz CT molecular complexity index is 1530. The van der Waals surface area contributed by atoms with Crippen molar-refractivity contribution >= 4 is 77.2 Å². The number of benzene rings is 4. The molecule has 0 aliphatic carbocycles. The molecule has 4 aromatic rings. The van der Waals surface area contributed by atoms with Gasteiger partial charge in [-0.1, -0.05) is 54.6 Å². The summed E-state index contributed by atoms with van der Waals surface area (Å²) in [5.74, 6) is 0.624. The molecule has 0 atom stereocenters. The van der Waals surface area contributed by atoms with Gasteiger partial charge in [-0.15, -0.1) is 0 Å². The number of rotatable bonds is 9. The van der Waals surface area contributed by atoms with Crippen molar-refractivity contribution in [1.82, 2.24) is 4.90 Å². The molecule has 198 valence electrons. The van der Waals surface area contributed by atoms with Crippen LogP contribution in [0, 0.1) is 0 Å². The number of amidine groups is 1. The highest BCUT2D eigenvalue weighted by Gasteiger charge is 2.33. The molecule has 4 aromatic carbocycles. The first-order valence-electron chi connectivity index (χ1n) is 12.5. The molecule has 0 aromatic heterocycles. The lowest BCUT2D eigenvalue weighted by Gasteiger charge is -2.15. The number of para-hydroxylation sites is 1. The summed E-state index contributed by atoms with van der Waals surface area (Å²) in [6.45, 7) is 3.86. The third-order valence-electron chi connectivity index (χ3n) is 6.05. The fourth-order valence-electron chi connectivity index (χ4n) is 4.14. The van der Waals surface area contributed by atoms with E-state index in [4.69, 9.17) is 14.5 Å². The SMILES string of the molecule is CCOCCN1C(=O)/C(=C/c2cc(Br)c(OCc3ccc4ccccc4c3)c(Br)c2)SC1=Nc1ccccc1. The molecule has 1 aliphatic rings. The number of nitrogens with zero attached hydrogens (tertiary/aromatic N) is 2. The van der Waals surface area contributed by atoms with Crippen molar-refractivity contribution in [2.45, 2.75) is 13.5 Å². The lowest BCUT2D eigenvalue weighted by Crippen LogP contribution is -2.32. The second-order valence-corrected chi connectivity index (χ2v) is 11.5. The lowest BCUT2D eigenvalue weighted by molar-refractivity contribution is -0.122. The molecule has 0 N–H and O–H groups in total. The van der Waals surface area contributed by atoms with Crippen LogP contribution >= 0.6 is 43.6 Å². The van der Waals surface area contributed by atoms with Gasteiger partial charge in [-0.25, -0.2) is 4.99 Å². The maximum Gasteiger partial charge on any atom is 0.266 e. The summed E-state index contributed by atoms with van der Waals surface area (Å²) in [5, 5.41) is 3.03. The van der Waals surface area contributed by atoms with Crippen LogP contribution < -0.4 is 4.74 Å². The number of carbonyl (C=O) groups is 1. The van der Waals surface area contributed by atoms with E-state index in [2.05, 4.69) is 62.2 Å². The molecular formula is C31H26Br2N2O3S. The maximum absolute atomic E-state index is 13.3. The Labute approximate surface area is 249 Å². The monoisotopic (exact) mass is 664 g/mol. The summed E-state index contributed by atoms with van der Waals surface area (Å²) >= 11 is 8.69. The number of hydrogen-bond donors (Lipinski definition) is 0. The molecule has 1 fully saturated rings. The van der Waals surface area contributed by atoms with Gasteiger partial charge in [-0.05, 0) is 109 Å². The largest absolute Gasteiger partial charge is 0.487 e. The molecule has 0 saturated carbocycles. The lowest BCUT2D eigenvalue weighted by atomic mass is 10.1. The van der Waals surface area contributed by atoms with Gasteiger partial charge in [0.1, 0.15) is 12.4 Å². The van der Waals surface area contributed by atoms with E-state index >= 15 is 0 Å². The summed E-state index contributed by atoms with van der Waals surface area (Å²) in [6, 6.07) is 28.2. The number of amides is 1. The van der Waals surface area contributed by atoms with Gasteiger partial charge in [0.15, 0.2) is 5.17 Å². The van der Waals surface area contributed by atoms with Crippen molar-refractivity contribution in [3.8, 4) is 5.75 Å². The Morgan fingerprint density at radius 1 is 0.923 bits per heavy atom. The first-order chi connectivity index (χ1) is 19.0. The maximum atomic E-state index is 13.3. The van der Waals surface area contributed by atoms with Gasteiger partial charge in [0.05, 0.1) is 32.7 Å². The van der Waals surface area contributed by atoms with Crippen molar-refractivity contribution < 1.29 is 14.3 Å². The predicted octanol–water partition coefficient (Wildman–Crippen LogP) is 8.58. The van der Waals surface area contributed by atoms with E-state index in [-0.39, 0.29) is 5.91 Å². The molecule has 1 aliphatic heterocycles. The molecular weight excluding hydrogens is 640 g/mol. The molecule has 5 rings (SSSR count). The molecule has 0 unspecified atom stereocenters. The van der Waals surface area contributed by atoms with Crippen LogP contribution in [-0.2, 0) is 16.1 Å². The number of fused-ring (bicyclic) bond motifs is 1. The predicted molar refractivity (Wildman–Crippen MR) is 167 cm³/mol. The zero-order chi connectivity index (χ0) is 27.2. The first kappa shape index (κ1) is 27.6. The van der Waals surface area contributed by atoms with Crippen LogP contribution in [-0.4, -0.2) is 35.7 Å². The Morgan fingerprint density at radius 3 is 2.38 bits per heavy atom. The minimum absolute atomic E-state index is 0.0849. The number of carbonyl (C=O) groups excluding carboxylic acids is 1. The van der Waals surface area contributed by atoms with E-state index < -0.39 is 0 Å². The van der Waals surface area contributed by atoms with Crippen LogP contribution in [0.5, 0.6) is 5.75 Å². The van der Waals surface area contributed by atoms with Crippen molar-refractivity contribution in [3.63, 3.8) is 0 Å². The average molecular weight is 666 g/mol. The summed E-state index contributed by atoms with van der Waals surface area (Å²) in [5.41, 5.74) is 2.76. The van der Waals surface area contributed by atoms with Gasteiger partial charge in [-0.2, -0.15) is 0 Å². The van der Waals surface area contributed by atoms with Crippen LogP contribution in [0.2, 0.25) is 0 Å². The summed E-state index contributed by atoms with van der Waals surface area (Å²) in [7, 11) is 0. The van der Waals surface area contributed by atoms with Gasteiger partial charge in [0.2, 0.25) is 0 Å². The van der Waals surface area contributed by atoms with Crippen LogP contribution in [0.3, 0.4) is 0 Å². The van der Waals surface area contributed by atoms with E-state index in [1.807, 2.05) is 67.6 Å². The molecule has 39 heavy (non-hydrogen) atoms. The zero-order valence-corrected chi connectivity index (χ0v) is 25.3. The fourth-order valence-corrected chi connectivity index (χ4v) is 6.61. The molecule has 1 heterocycles. The Hall–Kier alpha value is -2.91. The smallest absolute Gasteiger partial charge is 0.266 e. The van der Waals surface area contributed by atoms with E-state index in [0.717, 1.165) is 25.8 Å². The highest BCUT2D eigenvalue weighted by atomic mass is 79.9. The van der Waals surface area contributed by atoms with Crippen molar-refractivity contribution in [1.29, 1.82) is 0 Å². The van der Waals surface area contributed by atoms with E-state index in [0.29, 0.717) is 42.2 Å². The standard InChI is InChI=1S/C31H26Br2N2O3S/c1-2-37-15-14-35-30(36)28(39-31(35)34-25-10-4-3-5-11-25)19-22-17-26(32)29(27(33)18-22)38-20-21-12-13-23-8-6-7-9-24(23)16-21/h3-13,16-19H,2,14-15,20H2,1H3/b28-19-,34-31?. The first-order valence-corrected chi connectivity index (χ1v) is 14.9. The number of aliphatic imine (C=N–C) groups is 1. The molecule has 1 saturated heterocycles. The summed E-state index contributed by atoms with van der Waals surface area (Å²) < 4.78 is 13.3. The highest BCUT2D eigenvalue weighted by Crippen LogP contribution is 2.38. The quantitative estimate of drug-likeness (QED) is 0.133. The van der Waals surface area contributed by atoms with Crippen molar-refractivity contribution in [2.75, 3.05) is 19.8 Å². The Kier molecular flexibility index (Phi) is 9.19. The Morgan fingerprint density at radius 2 is 1.64 bits per heavy atom. The minimum atomic E-state index is -0.0849. The molecule has 0 spiro atoms. The molecule has 8 heteroatoms. The van der Waals surface area contributed by atoms with E-state index in [1.165, 1.54) is 22.5 Å². The molecule has 0 radical (unpaired) electrons. The van der Waals surface area contributed by atoms with Crippen LogP contribution in [0.1, 0.15) is 18.1 Å². The third-order valence-corrected chi connectivity index (χ3v) is 8.23. The molecule has 0 bridgehead atoms. The van der Waals surface area contributed by atoms with Crippen molar-refractivity contribution in [3.05, 3.63) is 110 Å². The third kappa shape index (κ3) is 6.81. The van der Waals surface area contributed by atoms with Crippen LogP contribution in [0.15, 0.2) is 104 Å². The normalized spacial score (nSPS) is 15.6. The number of halogens is 2. The second kappa shape index (κ2) is 13.0. The van der Waals surface area contributed by atoms with Gasteiger partial charge in [0, 0.05) is 6.61 Å². The fraction of sp³-hybridized carbons (Fsp3) is 0.161. The van der Waals surface area contributed by atoms with Gasteiger partial charge in [-0.3, -0.25) is 9.69 Å².